The zero-order valence-electron chi connectivity index (χ0n) is 18.1. The average molecular weight is 463 g/mol. The minimum Gasteiger partial charge on any atom is -0.486 e. The molecule has 0 bridgehead atoms. The highest BCUT2D eigenvalue weighted by atomic mass is 32.1. The van der Waals surface area contributed by atoms with E-state index in [2.05, 4.69) is 4.99 Å². The van der Waals surface area contributed by atoms with Crippen LogP contribution in [0.25, 0.3) is 21.0 Å². The van der Waals surface area contributed by atoms with Crippen molar-refractivity contribution < 1.29 is 23.8 Å². The number of aromatic nitrogens is 1. The van der Waals surface area contributed by atoms with Crippen molar-refractivity contribution in [1.82, 2.24) is 4.57 Å². The largest absolute Gasteiger partial charge is 0.486 e. The fourth-order valence-electron chi connectivity index (χ4n) is 3.82. The van der Waals surface area contributed by atoms with Crippen molar-refractivity contribution >= 4 is 44.2 Å². The molecule has 33 heavy (non-hydrogen) atoms. The molecular formula is C25H22N2O5S. The van der Waals surface area contributed by atoms with Crippen molar-refractivity contribution in [1.29, 1.82) is 0 Å². The van der Waals surface area contributed by atoms with E-state index in [-0.39, 0.29) is 18.3 Å². The number of fused-ring (bicyclic) bond motifs is 3. The molecule has 0 radical (unpaired) electrons. The van der Waals surface area contributed by atoms with Gasteiger partial charge in [0.1, 0.15) is 13.2 Å². The summed E-state index contributed by atoms with van der Waals surface area (Å²) in [6.45, 7) is 3.40. The highest BCUT2D eigenvalue weighted by Crippen LogP contribution is 2.35. The standard InChI is InChI=1S/C25H22N2O5S/c1-2-30-23(28)9-10-27-19-14-20-21(32-12-11-31-20)15-22(19)33-25(27)26-24(29)18-8-7-16-5-3-4-6-17(16)13-18/h3-8,13-15H,2,9-12H2,1H3. The fourth-order valence-corrected chi connectivity index (χ4v) is 4.88. The van der Waals surface area contributed by atoms with Crippen LogP contribution in [0.5, 0.6) is 11.5 Å². The third-order valence-corrected chi connectivity index (χ3v) is 6.43. The first-order chi connectivity index (χ1) is 16.1. The summed E-state index contributed by atoms with van der Waals surface area (Å²) in [5, 5.41) is 2.04. The zero-order chi connectivity index (χ0) is 22.8. The third kappa shape index (κ3) is 4.34. The minimum absolute atomic E-state index is 0.172. The molecule has 0 fully saturated rings. The number of carbonyl (C=O) groups is 2. The van der Waals surface area contributed by atoms with Gasteiger partial charge in [0, 0.05) is 24.2 Å². The van der Waals surface area contributed by atoms with E-state index in [1.165, 1.54) is 11.3 Å². The Morgan fingerprint density at radius 3 is 2.58 bits per heavy atom. The van der Waals surface area contributed by atoms with E-state index in [4.69, 9.17) is 14.2 Å². The quantitative estimate of drug-likeness (QED) is 0.413. The van der Waals surface area contributed by atoms with Crippen LogP contribution < -0.4 is 14.3 Å². The van der Waals surface area contributed by atoms with Crippen molar-refractivity contribution in [3.8, 4) is 11.5 Å². The zero-order valence-corrected chi connectivity index (χ0v) is 18.9. The Morgan fingerprint density at radius 2 is 1.79 bits per heavy atom. The summed E-state index contributed by atoms with van der Waals surface area (Å²) in [4.78, 5) is 30.0. The monoisotopic (exact) mass is 462 g/mol. The van der Waals surface area contributed by atoms with E-state index in [1.807, 2.05) is 53.1 Å². The predicted octanol–water partition coefficient (Wildman–Crippen LogP) is 4.32. The van der Waals surface area contributed by atoms with Crippen LogP contribution in [0, 0.1) is 0 Å². The second-order valence-electron chi connectivity index (χ2n) is 7.53. The first-order valence-corrected chi connectivity index (χ1v) is 11.6. The van der Waals surface area contributed by atoms with Gasteiger partial charge >= 0.3 is 5.97 Å². The lowest BCUT2D eigenvalue weighted by molar-refractivity contribution is -0.143. The van der Waals surface area contributed by atoms with Crippen LogP contribution in [0.1, 0.15) is 23.7 Å². The molecule has 168 valence electrons. The van der Waals surface area contributed by atoms with Crippen LogP contribution >= 0.6 is 11.3 Å². The molecule has 0 saturated heterocycles. The van der Waals surface area contributed by atoms with Crippen molar-refractivity contribution in [2.75, 3.05) is 19.8 Å². The number of hydrogen-bond acceptors (Lipinski definition) is 6. The van der Waals surface area contributed by atoms with E-state index < -0.39 is 0 Å². The molecule has 0 spiro atoms. The van der Waals surface area contributed by atoms with Gasteiger partial charge in [0.05, 0.1) is 23.2 Å². The molecule has 1 amide bonds. The summed E-state index contributed by atoms with van der Waals surface area (Å²) in [5.74, 6) is 0.673. The lowest BCUT2D eigenvalue weighted by Gasteiger charge is -2.18. The number of esters is 1. The molecule has 4 aromatic rings. The van der Waals surface area contributed by atoms with E-state index in [0.717, 1.165) is 21.0 Å². The van der Waals surface area contributed by atoms with Crippen molar-refractivity contribution in [3.05, 3.63) is 65.0 Å². The Kier molecular flexibility index (Phi) is 5.83. The number of thiazole rings is 1. The highest BCUT2D eigenvalue weighted by Gasteiger charge is 2.18. The van der Waals surface area contributed by atoms with Crippen molar-refractivity contribution in [3.63, 3.8) is 0 Å². The smallest absolute Gasteiger partial charge is 0.307 e. The summed E-state index contributed by atoms with van der Waals surface area (Å²) < 4.78 is 19.3. The Morgan fingerprint density at radius 1 is 1.03 bits per heavy atom. The van der Waals surface area contributed by atoms with Gasteiger partial charge < -0.3 is 18.8 Å². The third-order valence-electron chi connectivity index (χ3n) is 5.39. The number of aryl methyl sites for hydroxylation is 1. The molecule has 5 rings (SSSR count). The molecule has 7 nitrogen and oxygen atoms in total. The number of hydrogen-bond donors (Lipinski definition) is 0. The molecular weight excluding hydrogens is 440 g/mol. The second kappa shape index (κ2) is 9.07. The maximum absolute atomic E-state index is 13.1. The van der Waals surface area contributed by atoms with E-state index in [9.17, 15) is 9.59 Å². The van der Waals surface area contributed by atoms with Crippen LogP contribution in [0.2, 0.25) is 0 Å². The van der Waals surface area contributed by atoms with E-state index >= 15 is 0 Å². The van der Waals surface area contributed by atoms with Gasteiger partial charge in [-0.2, -0.15) is 4.99 Å². The lowest BCUT2D eigenvalue weighted by Crippen LogP contribution is -2.20. The highest BCUT2D eigenvalue weighted by molar-refractivity contribution is 7.16. The molecule has 0 saturated carbocycles. The van der Waals surface area contributed by atoms with Crippen molar-refractivity contribution in [2.45, 2.75) is 19.9 Å². The second-order valence-corrected chi connectivity index (χ2v) is 8.54. The minimum atomic E-state index is -0.338. The predicted molar refractivity (Wildman–Crippen MR) is 126 cm³/mol. The Balaban J connectivity index is 1.58. The first kappa shape index (κ1) is 21.2. The summed E-state index contributed by atoms with van der Waals surface area (Å²) in [7, 11) is 0. The molecule has 2 heterocycles. The van der Waals surface area contributed by atoms with E-state index in [1.54, 1.807) is 13.0 Å². The molecule has 3 aromatic carbocycles. The number of ether oxygens (including phenoxy) is 3. The molecule has 0 atom stereocenters. The molecule has 1 aromatic heterocycles. The van der Waals surface area contributed by atoms with Gasteiger partial charge in [-0.05, 0) is 29.8 Å². The van der Waals surface area contributed by atoms with Gasteiger partial charge in [-0.15, -0.1) is 0 Å². The molecule has 1 aliphatic heterocycles. The SMILES string of the molecule is CCOC(=O)CCn1c(=NC(=O)c2ccc3ccccc3c2)sc2cc3c(cc21)OCCO3. The van der Waals surface area contributed by atoms with Crippen LogP contribution in [-0.4, -0.2) is 36.3 Å². The number of nitrogens with zero attached hydrogens (tertiary/aromatic N) is 2. The van der Waals surface area contributed by atoms with Gasteiger partial charge in [0.15, 0.2) is 16.3 Å². The number of benzene rings is 3. The average Bonchev–Trinajstić information content (AvgIpc) is 3.16. The summed E-state index contributed by atoms with van der Waals surface area (Å²) >= 11 is 1.38. The Bertz CT molecular complexity index is 1440. The van der Waals surface area contributed by atoms with Crippen LogP contribution in [0.3, 0.4) is 0 Å². The summed E-state index contributed by atoms with van der Waals surface area (Å²) in [6, 6.07) is 17.2. The molecule has 0 aliphatic carbocycles. The van der Waals surface area contributed by atoms with Gasteiger partial charge in [-0.1, -0.05) is 41.7 Å². The van der Waals surface area contributed by atoms with Crippen LogP contribution in [0.15, 0.2) is 59.6 Å². The van der Waals surface area contributed by atoms with Crippen LogP contribution in [0.4, 0.5) is 0 Å². The van der Waals surface area contributed by atoms with Gasteiger partial charge in [-0.3, -0.25) is 9.59 Å². The molecule has 0 N–H and O–H groups in total. The maximum Gasteiger partial charge on any atom is 0.307 e. The van der Waals surface area contributed by atoms with E-state index in [0.29, 0.717) is 48.2 Å². The topological polar surface area (TPSA) is 79.1 Å². The van der Waals surface area contributed by atoms with Crippen molar-refractivity contribution in [2.24, 2.45) is 4.99 Å². The van der Waals surface area contributed by atoms with Crippen LogP contribution in [-0.2, 0) is 16.1 Å². The van der Waals surface area contributed by atoms with Gasteiger partial charge in [-0.25, -0.2) is 0 Å². The number of carbonyl (C=O) groups excluding carboxylic acids is 2. The number of amides is 1. The normalized spacial score (nSPS) is 13.4. The summed E-state index contributed by atoms with van der Waals surface area (Å²) in [5.41, 5.74) is 1.34. The molecule has 0 unspecified atom stereocenters. The van der Waals surface area contributed by atoms with Gasteiger partial charge in [0.2, 0.25) is 0 Å². The fraction of sp³-hybridized carbons (Fsp3) is 0.240. The maximum atomic E-state index is 13.1. The lowest BCUT2D eigenvalue weighted by atomic mass is 10.1. The molecule has 1 aliphatic rings. The number of rotatable bonds is 5. The first-order valence-electron chi connectivity index (χ1n) is 10.8. The van der Waals surface area contributed by atoms with Gasteiger partial charge in [0.25, 0.3) is 5.91 Å². The Hall–Kier alpha value is -3.65. The summed E-state index contributed by atoms with van der Waals surface area (Å²) in [6.07, 6.45) is 0.172. The molecule has 8 heteroatoms. The Labute approximate surface area is 193 Å².